The number of hydrogen-bond acceptors (Lipinski definition) is 4. The lowest BCUT2D eigenvalue weighted by Gasteiger charge is -2.07. The Morgan fingerprint density at radius 3 is 2.63 bits per heavy atom. The largest absolute Gasteiger partial charge is 0.483 e. The smallest absolute Gasteiger partial charge is 0.274 e. The van der Waals surface area contributed by atoms with Crippen LogP contribution in [0.4, 0.5) is 5.95 Å². The molecule has 2 aromatic carbocycles. The van der Waals surface area contributed by atoms with Crippen LogP contribution in [0.5, 0.6) is 5.75 Å². The minimum Gasteiger partial charge on any atom is -0.483 e. The maximum absolute atomic E-state index is 12.4. The normalized spacial score (nSPS) is 10.7. The fraction of sp³-hybridized carbons (Fsp3) is 0.0500. The molecule has 27 heavy (non-hydrogen) atoms. The number of rotatable bonds is 5. The molecule has 0 aliphatic heterocycles. The maximum atomic E-state index is 12.4. The Kier molecular flexibility index (Phi) is 4.40. The number of ether oxygens (including phenoxy) is 1. The van der Waals surface area contributed by atoms with Crippen molar-refractivity contribution in [1.29, 1.82) is 0 Å². The van der Waals surface area contributed by atoms with Crippen molar-refractivity contribution in [2.75, 3.05) is 5.32 Å². The lowest BCUT2D eigenvalue weighted by Crippen LogP contribution is -2.18. The molecule has 7 heteroatoms. The third-order valence-electron chi connectivity index (χ3n) is 3.98. The fourth-order valence-electron chi connectivity index (χ4n) is 2.62. The molecule has 0 unspecified atom stereocenters. The molecular formula is C20H16N4O3. The van der Waals surface area contributed by atoms with Gasteiger partial charge in [0.2, 0.25) is 11.4 Å². The Hall–Kier alpha value is -3.87. The van der Waals surface area contributed by atoms with Crippen LogP contribution >= 0.6 is 0 Å². The molecule has 3 N–H and O–H groups in total. The Balaban J connectivity index is 1.46. The van der Waals surface area contributed by atoms with Gasteiger partial charge in [-0.2, -0.15) is 0 Å². The predicted octanol–water partition coefficient (Wildman–Crippen LogP) is 3.08. The number of para-hydroxylation sites is 2. The Labute approximate surface area is 154 Å². The lowest BCUT2D eigenvalue weighted by molar-refractivity contribution is 0.102. The number of aromatic amines is 2. The third-order valence-corrected chi connectivity index (χ3v) is 3.98. The van der Waals surface area contributed by atoms with Crippen LogP contribution in [0.25, 0.3) is 11.0 Å². The van der Waals surface area contributed by atoms with E-state index in [1.807, 2.05) is 54.6 Å². The van der Waals surface area contributed by atoms with Crippen molar-refractivity contribution >= 4 is 22.9 Å². The molecule has 0 saturated carbocycles. The quantitative estimate of drug-likeness (QED) is 0.509. The summed E-state index contributed by atoms with van der Waals surface area (Å²) in [5, 5.41) is 2.64. The molecule has 2 aromatic heterocycles. The van der Waals surface area contributed by atoms with Crippen molar-refractivity contribution in [1.82, 2.24) is 15.0 Å². The van der Waals surface area contributed by atoms with Gasteiger partial charge in [0.25, 0.3) is 5.91 Å². The molecule has 0 aliphatic rings. The monoisotopic (exact) mass is 360 g/mol. The van der Waals surface area contributed by atoms with Gasteiger partial charge in [-0.25, -0.2) is 4.98 Å². The topological polar surface area (TPSA) is 99.9 Å². The van der Waals surface area contributed by atoms with E-state index in [1.54, 1.807) is 0 Å². The first-order valence-electron chi connectivity index (χ1n) is 8.34. The van der Waals surface area contributed by atoms with Gasteiger partial charge in [0.05, 0.1) is 11.0 Å². The summed E-state index contributed by atoms with van der Waals surface area (Å²) in [4.78, 5) is 34.6. The van der Waals surface area contributed by atoms with E-state index in [4.69, 9.17) is 4.74 Å². The van der Waals surface area contributed by atoms with E-state index in [-0.39, 0.29) is 23.5 Å². The van der Waals surface area contributed by atoms with E-state index < -0.39 is 5.91 Å². The van der Waals surface area contributed by atoms with Crippen LogP contribution < -0.4 is 15.5 Å². The van der Waals surface area contributed by atoms with E-state index in [0.29, 0.717) is 5.95 Å². The summed E-state index contributed by atoms with van der Waals surface area (Å²) < 4.78 is 5.52. The Bertz CT molecular complexity index is 1120. The average Bonchev–Trinajstić information content (AvgIpc) is 3.10. The molecule has 0 aliphatic carbocycles. The molecule has 0 fully saturated rings. The molecule has 0 bridgehead atoms. The number of carbonyl (C=O) groups excluding carboxylic acids is 1. The van der Waals surface area contributed by atoms with E-state index in [1.165, 1.54) is 12.3 Å². The standard InChI is InChI=1S/C20H16N4O3/c25-17-10-16(21-11-18(17)27-12-13-6-2-1-3-7-13)19(26)24-20-22-14-8-4-5-9-15(14)23-20/h1-11H,12H2,(H,21,25)(H2,22,23,24,26). The second-order valence-electron chi connectivity index (χ2n) is 5.91. The van der Waals surface area contributed by atoms with Gasteiger partial charge >= 0.3 is 0 Å². The number of pyridine rings is 1. The first-order valence-corrected chi connectivity index (χ1v) is 8.34. The van der Waals surface area contributed by atoms with Crippen molar-refractivity contribution in [3.63, 3.8) is 0 Å². The van der Waals surface area contributed by atoms with Crippen LogP contribution in [-0.2, 0) is 6.61 Å². The highest BCUT2D eigenvalue weighted by Crippen LogP contribution is 2.14. The number of aromatic nitrogens is 3. The van der Waals surface area contributed by atoms with Crippen LogP contribution in [0.15, 0.2) is 71.7 Å². The fourth-order valence-corrected chi connectivity index (χ4v) is 2.62. The number of carbonyl (C=O) groups is 1. The highest BCUT2D eigenvalue weighted by molar-refractivity contribution is 6.02. The summed E-state index contributed by atoms with van der Waals surface area (Å²) >= 11 is 0. The minimum absolute atomic E-state index is 0.118. The van der Waals surface area contributed by atoms with Gasteiger partial charge in [-0.1, -0.05) is 42.5 Å². The molecule has 4 aromatic rings. The van der Waals surface area contributed by atoms with Crippen LogP contribution in [0.3, 0.4) is 0 Å². The number of fused-ring (bicyclic) bond motifs is 1. The summed E-state index contributed by atoms with van der Waals surface area (Å²) in [6.45, 7) is 0.272. The second-order valence-corrected chi connectivity index (χ2v) is 5.91. The van der Waals surface area contributed by atoms with Gasteiger partial charge in [0, 0.05) is 12.3 Å². The van der Waals surface area contributed by atoms with E-state index in [0.717, 1.165) is 16.6 Å². The van der Waals surface area contributed by atoms with E-state index in [2.05, 4.69) is 20.3 Å². The van der Waals surface area contributed by atoms with Crippen molar-refractivity contribution in [3.05, 3.63) is 88.3 Å². The van der Waals surface area contributed by atoms with Gasteiger partial charge < -0.3 is 14.7 Å². The average molecular weight is 360 g/mol. The Morgan fingerprint density at radius 2 is 1.85 bits per heavy atom. The maximum Gasteiger partial charge on any atom is 0.274 e. The Morgan fingerprint density at radius 1 is 1.07 bits per heavy atom. The van der Waals surface area contributed by atoms with E-state index in [9.17, 15) is 9.59 Å². The minimum atomic E-state index is -0.472. The number of nitrogens with zero attached hydrogens (tertiary/aromatic N) is 1. The molecule has 1 amide bonds. The summed E-state index contributed by atoms with van der Waals surface area (Å²) in [6.07, 6.45) is 1.39. The molecular weight excluding hydrogens is 344 g/mol. The van der Waals surface area contributed by atoms with Gasteiger partial charge in [0.1, 0.15) is 12.3 Å². The van der Waals surface area contributed by atoms with Crippen LogP contribution in [0.2, 0.25) is 0 Å². The predicted molar refractivity (Wildman–Crippen MR) is 102 cm³/mol. The molecule has 4 rings (SSSR count). The summed E-state index contributed by atoms with van der Waals surface area (Å²) in [6, 6.07) is 18.2. The molecule has 0 spiro atoms. The molecule has 134 valence electrons. The number of H-pyrrole nitrogens is 2. The summed E-state index contributed by atoms with van der Waals surface area (Å²) in [5.74, 6) is -0.00800. The van der Waals surface area contributed by atoms with Crippen LogP contribution in [0, 0.1) is 0 Å². The van der Waals surface area contributed by atoms with Crippen LogP contribution in [0.1, 0.15) is 16.1 Å². The number of anilines is 1. The number of benzene rings is 2. The summed E-state index contributed by atoms with van der Waals surface area (Å²) in [7, 11) is 0. The van der Waals surface area contributed by atoms with Gasteiger partial charge in [-0.3, -0.25) is 14.9 Å². The molecule has 2 heterocycles. The van der Waals surface area contributed by atoms with E-state index >= 15 is 0 Å². The number of hydrogen-bond donors (Lipinski definition) is 3. The number of imidazole rings is 1. The second kappa shape index (κ2) is 7.17. The zero-order chi connectivity index (χ0) is 18.6. The molecule has 0 radical (unpaired) electrons. The van der Waals surface area contributed by atoms with Crippen molar-refractivity contribution in [2.24, 2.45) is 0 Å². The van der Waals surface area contributed by atoms with Crippen molar-refractivity contribution in [3.8, 4) is 5.75 Å². The SMILES string of the molecule is O=C(Nc1nc2ccccc2[nH]1)c1cc(=O)c(OCc2ccccc2)c[nH]1. The highest BCUT2D eigenvalue weighted by atomic mass is 16.5. The zero-order valence-corrected chi connectivity index (χ0v) is 14.2. The number of amides is 1. The lowest BCUT2D eigenvalue weighted by atomic mass is 10.2. The highest BCUT2D eigenvalue weighted by Gasteiger charge is 2.12. The van der Waals surface area contributed by atoms with Crippen LogP contribution in [-0.4, -0.2) is 20.9 Å². The van der Waals surface area contributed by atoms with Gasteiger partial charge in [-0.15, -0.1) is 0 Å². The van der Waals surface area contributed by atoms with Gasteiger partial charge in [-0.05, 0) is 17.7 Å². The molecule has 7 nitrogen and oxygen atoms in total. The first-order chi connectivity index (χ1) is 13.2. The van der Waals surface area contributed by atoms with Crippen molar-refractivity contribution < 1.29 is 9.53 Å². The zero-order valence-electron chi connectivity index (χ0n) is 14.2. The summed E-state index contributed by atoms with van der Waals surface area (Å²) in [5.41, 5.74) is 2.24. The van der Waals surface area contributed by atoms with Crippen molar-refractivity contribution in [2.45, 2.75) is 6.61 Å². The third kappa shape index (κ3) is 3.72. The molecule has 0 atom stereocenters. The van der Waals surface area contributed by atoms with Gasteiger partial charge in [0.15, 0.2) is 5.75 Å². The first kappa shape index (κ1) is 16.6. The number of nitrogens with one attached hydrogen (secondary N) is 3. The molecule has 0 saturated heterocycles.